The van der Waals surface area contributed by atoms with E-state index in [0.717, 1.165) is 29.7 Å². The smallest absolute Gasteiger partial charge is 0.211 e. The standard InChI is InChI=1S/C15H24N2O3S/c1-12-5-6-13(9-16)8-15(12)20-11-14-4-3-7-17(10-14)21(2,18)19/h5-6,8,14H,3-4,7,9-11,16H2,1-2H3. The summed E-state index contributed by atoms with van der Waals surface area (Å²) in [7, 11) is -3.10. The molecule has 1 aromatic carbocycles. The fourth-order valence-corrected chi connectivity index (χ4v) is 3.54. The van der Waals surface area contributed by atoms with Gasteiger partial charge in [-0.2, -0.15) is 0 Å². The van der Waals surface area contributed by atoms with E-state index in [2.05, 4.69) is 0 Å². The van der Waals surface area contributed by atoms with Gasteiger partial charge < -0.3 is 10.5 Å². The molecule has 21 heavy (non-hydrogen) atoms. The topological polar surface area (TPSA) is 72.6 Å². The summed E-state index contributed by atoms with van der Waals surface area (Å²) in [4.78, 5) is 0. The van der Waals surface area contributed by atoms with E-state index >= 15 is 0 Å². The van der Waals surface area contributed by atoms with Gasteiger partial charge in [-0.15, -0.1) is 0 Å². The molecule has 2 N–H and O–H groups in total. The summed E-state index contributed by atoms with van der Waals surface area (Å²) in [6, 6.07) is 5.96. The Labute approximate surface area is 127 Å². The maximum absolute atomic E-state index is 11.6. The van der Waals surface area contributed by atoms with Gasteiger partial charge in [-0.3, -0.25) is 0 Å². The summed E-state index contributed by atoms with van der Waals surface area (Å²) in [5.41, 5.74) is 7.76. The molecule has 1 saturated heterocycles. The average molecular weight is 312 g/mol. The quantitative estimate of drug-likeness (QED) is 0.894. The largest absolute Gasteiger partial charge is 0.493 e. The lowest BCUT2D eigenvalue weighted by molar-refractivity contribution is 0.180. The molecule has 0 radical (unpaired) electrons. The number of sulfonamides is 1. The lowest BCUT2D eigenvalue weighted by atomic mass is 10.0. The monoisotopic (exact) mass is 312 g/mol. The number of piperidine rings is 1. The molecule has 0 aliphatic carbocycles. The predicted octanol–water partition coefficient (Wildman–Crippen LogP) is 1.50. The molecular formula is C15H24N2O3S. The van der Waals surface area contributed by atoms with Crippen molar-refractivity contribution in [3.8, 4) is 5.75 Å². The Morgan fingerprint density at radius 1 is 1.43 bits per heavy atom. The normalized spacial score (nSPS) is 20.4. The summed E-state index contributed by atoms with van der Waals surface area (Å²) in [5.74, 6) is 1.09. The summed E-state index contributed by atoms with van der Waals surface area (Å²) in [5, 5.41) is 0. The van der Waals surface area contributed by atoms with E-state index < -0.39 is 10.0 Å². The van der Waals surface area contributed by atoms with E-state index in [1.54, 1.807) is 4.31 Å². The van der Waals surface area contributed by atoms with Crippen molar-refractivity contribution in [3.63, 3.8) is 0 Å². The second-order valence-corrected chi connectivity index (χ2v) is 7.73. The Kier molecular flexibility index (Phi) is 5.24. The molecule has 0 spiro atoms. The van der Waals surface area contributed by atoms with Crippen LogP contribution in [0.15, 0.2) is 18.2 Å². The Morgan fingerprint density at radius 2 is 2.19 bits per heavy atom. The molecule has 0 aromatic heterocycles. The zero-order valence-corrected chi connectivity index (χ0v) is 13.5. The zero-order valence-electron chi connectivity index (χ0n) is 12.7. The van der Waals surface area contributed by atoms with Crippen molar-refractivity contribution in [2.24, 2.45) is 11.7 Å². The van der Waals surface area contributed by atoms with Gasteiger partial charge in [0, 0.05) is 25.6 Å². The Bertz CT molecular complexity index is 587. The van der Waals surface area contributed by atoms with E-state index in [9.17, 15) is 8.42 Å². The summed E-state index contributed by atoms with van der Waals surface area (Å²) in [6.07, 6.45) is 3.16. The van der Waals surface area contributed by atoms with E-state index in [1.807, 2.05) is 25.1 Å². The SMILES string of the molecule is Cc1ccc(CN)cc1OCC1CCCN(S(C)(=O)=O)C1. The minimum Gasteiger partial charge on any atom is -0.493 e. The maximum atomic E-state index is 11.6. The fraction of sp³-hybridized carbons (Fsp3) is 0.600. The summed E-state index contributed by atoms with van der Waals surface area (Å²) < 4.78 is 30.7. The molecular weight excluding hydrogens is 288 g/mol. The molecule has 0 bridgehead atoms. The summed E-state index contributed by atoms with van der Waals surface area (Å²) in [6.45, 7) is 4.20. The van der Waals surface area contributed by atoms with E-state index in [1.165, 1.54) is 6.26 Å². The predicted molar refractivity (Wildman–Crippen MR) is 83.7 cm³/mol. The van der Waals surface area contributed by atoms with Crippen molar-refractivity contribution in [2.45, 2.75) is 26.3 Å². The number of hydrogen-bond donors (Lipinski definition) is 1. The van der Waals surface area contributed by atoms with Gasteiger partial charge in [-0.25, -0.2) is 12.7 Å². The van der Waals surface area contributed by atoms with Crippen LogP contribution in [0.2, 0.25) is 0 Å². The number of ether oxygens (including phenoxy) is 1. The highest BCUT2D eigenvalue weighted by Gasteiger charge is 2.26. The number of nitrogens with zero attached hydrogens (tertiary/aromatic N) is 1. The van der Waals surface area contributed by atoms with Crippen LogP contribution in [0.25, 0.3) is 0 Å². The van der Waals surface area contributed by atoms with E-state index in [-0.39, 0.29) is 5.92 Å². The Hall–Kier alpha value is -1.11. The highest BCUT2D eigenvalue weighted by molar-refractivity contribution is 7.88. The average Bonchev–Trinajstić information content (AvgIpc) is 2.46. The minimum atomic E-state index is -3.10. The van der Waals surface area contributed by atoms with Crippen LogP contribution in [0.1, 0.15) is 24.0 Å². The third kappa shape index (κ3) is 4.43. The minimum absolute atomic E-state index is 0.245. The van der Waals surface area contributed by atoms with Gasteiger partial charge in [0.2, 0.25) is 10.0 Å². The van der Waals surface area contributed by atoms with E-state index in [4.69, 9.17) is 10.5 Å². The van der Waals surface area contributed by atoms with Gasteiger partial charge in [0.05, 0.1) is 12.9 Å². The molecule has 0 amide bonds. The third-order valence-corrected chi connectivity index (χ3v) is 5.18. The van der Waals surface area contributed by atoms with Gasteiger partial charge in [0.1, 0.15) is 5.75 Å². The van der Waals surface area contributed by atoms with Crippen LogP contribution in [-0.4, -0.2) is 38.7 Å². The van der Waals surface area contributed by atoms with Gasteiger partial charge in [-0.1, -0.05) is 12.1 Å². The van der Waals surface area contributed by atoms with Crippen molar-refractivity contribution in [1.82, 2.24) is 4.31 Å². The van der Waals surface area contributed by atoms with Gasteiger partial charge in [0.15, 0.2) is 0 Å². The highest BCUT2D eigenvalue weighted by atomic mass is 32.2. The first-order valence-corrected chi connectivity index (χ1v) is 9.12. The lowest BCUT2D eigenvalue weighted by Crippen LogP contribution is -2.40. The Balaban J connectivity index is 1.97. The van der Waals surface area contributed by atoms with Gasteiger partial charge in [-0.05, 0) is 37.0 Å². The fourth-order valence-electron chi connectivity index (χ4n) is 2.60. The van der Waals surface area contributed by atoms with E-state index in [0.29, 0.717) is 26.2 Å². The van der Waals surface area contributed by atoms with Crippen molar-refractivity contribution < 1.29 is 13.2 Å². The number of rotatable bonds is 5. The second-order valence-electron chi connectivity index (χ2n) is 5.74. The van der Waals surface area contributed by atoms with Crippen LogP contribution in [0.5, 0.6) is 5.75 Å². The summed E-state index contributed by atoms with van der Waals surface area (Å²) >= 11 is 0. The van der Waals surface area contributed by atoms with Crippen molar-refractivity contribution >= 4 is 10.0 Å². The maximum Gasteiger partial charge on any atom is 0.211 e. The molecule has 1 aromatic rings. The highest BCUT2D eigenvalue weighted by Crippen LogP contribution is 2.23. The molecule has 1 aliphatic rings. The van der Waals surface area contributed by atoms with Crippen LogP contribution < -0.4 is 10.5 Å². The van der Waals surface area contributed by atoms with Gasteiger partial charge >= 0.3 is 0 Å². The second kappa shape index (κ2) is 6.77. The first kappa shape index (κ1) is 16.3. The van der Waals surface area contributed by atoms with Crippen molar-refractivity contribution in [2.75, 3.05) is 26.0 Å². The van der Waals surface area contributed by atoms with Gasteiger partial charge in [0.25, 0.3) is 0 Å². The molecule has 118 valence electrons. The number of hydrogen-bond acceptors (Lipinski definition) is 4. The molecule has 1 heterocycles. The molecule has 6 heteroatoms. The number of benzene rings is 1. The van der Waals surface area contributed by atoms with Crippen molar-refractivity contribution in [3.05, 3.63) is 29.3 Å². The molecule has 5 nitrogen and oxygen atoms in total. The molecule has 1 atom stereocenters. The molecule has 1 unspecified atom stereocenters. The molecule has 2 rings (SSSR count). The first-order valence-electron chi connectivity index (χ1n) is 7.27. The molecule has 0 saturated carbocycles. The third-order valence-electron chi connectivity index (χ3n) is 3.91. The lowest BCUT2D eigenvalue weighted by Gasteiger charge is -2.30. The molecule has 1 fully saturated rings. The van der Waals surface area contributed by atoms with Crippen LogP contribution in [0.3, 0.4) is 0 Å². The molecule has 1 aliphatic heterocycles. The van der Waals surface area contributed by atoms with Crippen molar-refractivity contribution in [1.29, 1.82) is 0 Å². The van der Waals surface area contributed by atoms with Crippen LogP contribution in [0.4, 0.5) is 0 Å². The number of nitrogens with two attached hydrogens (primary N) is 1. The first-order chi connectivity index (χ1) is 9.90. The Morgan fingerprint density at radius 3 is 2.86 bits per heavy atom. The van der Waals surface area contributed by atoms with Crippen LogP contribution in [-0.2, 0) is 16.6 Å². The van der Waals surface area contributed by atoms with Crippen LogP contribution in [0, 0.1) is 12.8 Å². The van der Waals surface area contributed by atoms with Crippen LogP contribution >= 0.6 is 0 Å². The zero-order chi connectivity index (χ0) is 15.5. The number of aryl methyl sites for hydroxylation is 1.